The summed E-state index contributed by atoms with van der Waals surface area (Å²) in [5.74, 6) is 1.19. The highest BCUT2D eigenvalue weighted by Gasteiger charge is 2.28. The highest BCUT2D eigenvalue weighted by molar-refractivity contribution is 7.99. The van der Waals surface area contributed by atoms with Crippen LogP contribution in [0.25, 0.3) is 0 Å². The van der Waals surface area contributed by atoms with Gasteiger partial charge in [-0.1, -0.05) is 54.9 Å². The zero-order valence-electron chi connectivity index (χ0n) is 19.7. The van der Waals surface area contributed by atoms with Gasteiger partial charge in [0.2, 0.25) is 5.91 Å². The lowest BCUT2D eigenvalue weighted by Gasteiger charge is -2.40. The summed E-state index contributed by atoms with van der Waals surface area (Å²) in [5, 5.41) is 7.20. The minimum Gasteiger partial charge on any atom is -0.353 e. The normalized spacial score (nSPS) is 17.0. The number of thioether (sulfide) groups is 1. The van der Waals surface area contributed by atoms with E-state index in [1.165, 1.54) is 11.8 Å². The summed E-state index contributed by atoms with van der Waals surface area (Å²) in [6, 6.07) is 8.65. The Hall–Kier alpha value is -2.23. The van der Waals surface area contributed by atoms with E-state index in [4.69, 9.17) is 23.2 Å². The number of hydrogen-bond acceptors (Lipinski definition) is 6. The molecule has 3 rings (SSSR count). The monoisotopic (exact) mass is 524 g/mol. The number of nitrogens with zero attached hydrogens (tertiary/aromatic N) is 4. The predicted molar refractivity (Wildman–Crippen MR) is 139 cm³/mol. The van der Waals surface area contributed by atoms with Gasteiger partial charge in [0.05, 0.1) is 5.75 Å². The lowest BCUT2D eigenvalue weighted by atomic mass is 10.1. The summed E-state index contributed by atoms with van der Waals surface area (Å²) in [6.07, 6.45) is 0. The van der Waals surface area contributed by atoms with Crippen LogP contribution in [-0.2, 0) is 4.79 Å². The number of carbonyl (C=O) groups is 2. The van der Waals surface area contributed by atoms with Crippen molar-refractivity contribution in [1.29, 1.82) is 0 Å². The summed E-state index contributed by atoms with van der Waals surface area (Å²) >= 11 is 13.5. The largest absolute Gasteiger partial charge is 0.353 e. The molecule has 0 bridgehead atoms. The van der Waals surface area contributed by atoms with Gasteiger partial charge < -0.3 is 20.4 Å². The number of benzene rings is 1. The molecular weight excluding hydrogens is 495 g/mol. The van der Waals surface area contributed by atoms with Crippen LogP contribution in [-0.4, -0.2) is 64.3 Å². The first kappa shape index (κ1) is 26.4. The first-order valence-corrected chi connectivity index (χ1v) is 12.9. The molecule has 2 N–H and O–H groups in total. The maximum atomic E-state index is 12.8. The highest BCUT2D eigenvalue weighted by Crippen LogP contribution is 2.24. The standard InChI is InChI=1S/C23H30Cl2N6O2S/c1-14(2)16(4)26-21(32)13-34-22-28-19(25)11-20(29-22)30-8-9-31(15(3)12-30)23(33)27-18-7-5-6-17(24)10-18/h5-7,10-11,14-16H,8-9,12-13H2,1-4H3,(H,26,32)(H,27,33). The Morgan fingerprint density at radius 2 is 1.94 bits per heavy atom. The van der Waals surface area contributed by atoms with Crippen molar-refractivity contribution in [1.82, 2.24) is 20.2 Å². The van der Waals surface area contributed by atoms with Gasteiger partial charge in [-0.05, 0) is 38.0 Å². The van der Waals surface area contributed by atoms with Gasteiger partial charge in [-0.25, -0.2) is 14.8 Å². The molecule has 8 nitrogen and oxygen atoms in total. The molecule has 0 spiro atoms. The Bertz CT molecular complexity index is 1020. The SMILES string of the molecule is CC(C)C(C)NC(=O)CSc1nc(Cl)cc(N2CCN(C(=O)Nc3cccc(Cl)c3)C(C)C2)n1. The first-order valence-electron chi connectivity index (χ1n) is 11.2. The molecule has 1 aromatic carbocycles. The van der Waals surface area contributed by atoms with Crippen LogP contribution in [0.15, 0.2) is 35.5 Å². The zero-order valence-corrected chi connectivity index (χ0v) is 22.0. The van der Waals surface area contributed by atoms with Crippen molar-refractivity contribution in [3.8, 4) is 0 Å². The smallest absolute Gasteiger partial charge is 0.322 e. The van der Waals surface area contributed by atoms with Crippen LogP contribution in [0, 0.1) is 5.92 Å². The fourth-order valence-corrected chi connectivity index (χ4v) is 4.52. The second-order valence-electron chi connectivity index (χ2n) is 8.65. The average molecular weight is 526 g/mol. The van der Waals surface area contributed by atoms with Gasteiger partial charge in [-0.3, -0.25) is 4.79 Å². The Morgan fingerprint density at radius 3 is 2.62 bits per heavy atom. The molecule has 184 valence electrons. The molecule has 0 aliphatic carbocycles. The molecule has 1 saturated heterocycles. The molecule has 1 aromatic heterocycles. The second kappa shape index (κ2) is 12.0. The lowest BCUT2D eigenvalue weighted by Crippen LogP contribution is -2.55. The van der Waals surface area contributed by atoms with Crippen LogP contribution in [0.1, 0.15) is 27.7 Å². The highest BCUT2D eigenvalue weighted by atomic mass is 35.5. The maximum Gasteiger partial charge on any atom is 0.322 e. The number of amides is 3. The van der Waals surface area contributed by atoms with Gasteiger partial charge in [0, 0.05) is 48.5 Å². The van der Waals surface area contributed by atoms with E-state index in [-0.39, 0.29) is 29.8 Å². The van der Waals surface area contributed by atoms with Crippen LogP contribution in [0.4, 0.5) is 16.3 Å². The molecule has 2 heterocycles. The van der Waals surface area contributed by atoms with Crippen LogP contribution < -0.4 is 15.5 Å². The van der Waals surface area contributed by atoms with E-state index >= 15 is 0 Å². The van der Waals surface area contributed by atoms with Crippen LogP contribution in [0.2, 0.25) is 10.2 Å². The summed E-state index contributed by atoms with van der Waals surface area (Å²) in [7, 11) is 0. The Balaban J connectivity index is 1.59. The summed E-state index contributed by atoms with van der Waals surface area (Å²) in [6.45, 7) is 9.80. The third-order valence-corrected chi connectivity index (χ3v) is 6.95. The second-order valence-corrected chi connectivity index (χ2v) is 10.4. The number of nitrogens with one attached hydrogen (secondary N) is 2. The van der Waals surface area contributed by atoms with E-state index in [1.54, 1.807) is 35.2 Å². The number of anilines is 2. The molecule has 1 aliphatic rings. The van der Waals surface area contributed by atoms with E-state index < -0.39 is 0 Å². The van der Waals surface area contributed by atoms with Crippen molar-refractivity contribution < 1.29 is 9.59 Å². The minimum absolute atomic E-state index is 0.0546. The Morgan fingerprint density at radius 1 is 1.18 bits per heavy atom. The zero-order chi connectivity index (χ0) is 24.8. The van der Waals surface area contributed by atoms with E-state index in [0.29, 0.717) is 52.4 Å². The van der Waals surface area contributed by atoms with Crippen LogP contribution in [0.3, 0.4) is 0 Å². The Kier molecular flexibility index (Phi) is 9.27. The molecule has 0 saturated carbocycles. The molecule has 1 fully saturated rings. The minimum atomic E-state index is -0.173. The van der Waals surface area contributed by atoms with Gasteiger partial charge >= 0.3 is 6.03 Å². The number of rotatable bonds is 7. The third kappa shape index (κ3) is 7.38. The topological polar surface area (TPSA) is 90.5 Å². The summed E-state index contributed by atoms with van der Waals surface area (Å²) in [4.78, 5) is 37.7. The average Bonchev–Trinajstić information content (AvgIpc) is 2.77. The van der Waals surface area contributed by atoms with Crippen molar-refractivity contribution in [3.05, 3.63) is 40.5 Å². The Labute approximate surface area is 214 Å². The summed E-state index contributed by atoms with van der Waals surface area (Å²) in [5.41, 5.74) is 0.656. The molecule has 0 radical (unpaired) electrons. The molecule has 2 atom stereocenters. The van der Waals surface area contributed by atoms with Crippen molar-refractivity contribution in [2.45, 2.75) is 44.9 Å². The molecule has 2 aromatic rings. The fourth-order valence-electron chi connectivity index (χ4n) is 3.43. The van der Waals surface area contributed by atoms with Crippen molar-refractivity contribution in [2.24, 2.45) is 5.92 Å². The number of hydrogen-bond donors (Lipinski definition) is 2. The molecule has 1 aliphatic heterocycles. The number of carbonyl (C=O) groups excluding carboxylic acids is 2. The van der Waals surface area contributed by atoms with Crippen molar-refractivity contribution in [2.75, 3.05) is 35.6 Å². The number of halogens is 2. The number of aromatic nitrogens is 2. The quantitative estimate of drug-likeness (QED) is 0.307. The van der Waals surface area contributed by atoms with Crippen molar-refractivity contribution >= 4 is 58.4 Å². The third-order valence-electron chi connectivity index (χ3n) is 5.67. The number of piperazine rings is 1. The van der Waals surface area contributed by atoms with E-state index in [0.717, 1.165) is 0 Å². The van der Waals surface area contributed by atoms with E-state index in [9.17, 15) is 9.59 Å². The number of urea groups is 1. The molecule has 11 heteroatoms. The first-order chi connectivity index (χ1) is 16.1. The molecular formula is C23H30Cl2N6O2S. The van der Waals surface area contributed by atoms with Crippen molar-refractivity contribution in [3.63, 3.8) is 0 Å². The van der Waals surface area contributed by atoms with E-state index in [2.05, 4.69) is 39.3 Å². The van der Waals surface area contributed by atoms with Crippen LogP contribution >= 0.6 is 35.0 Å². The fraction of sp³-hybridized carbons (Fsp3) is 0.478. The van der Waals surface area contributed by atoms with Gasteiger partial charge in [0.25, 0.3) is 0 Å². The van der Waals surface area contributed by atoms with Gasteiger partial charge in [-0.15, -0.1) is 0 Å². The van der Waals surface area contributed by atoms with E-state index in [1.807, 2.05) is 13.8 Å². The molecule has 3 amide bonds. The van der Waals surface area contributed by atoms with Gasteiger partial charge in [0.15, 0.2) is 5.16 Å². The van der Waals surface area contributed by atoms with Crippen LogP contribution in [0.5, 0.6) is 0 Å². The van der Waals surface area contributed by atoms with Gasteiger partial charge in [0.1, 0.15) is 11.0 Å². The summed E-state index contributed by atoms with van der Waals surface area (Å²) < 4.78 is 0. The lowest BCUT2D eigenvalue weighted by molar-refractivity contribution is -0.119. The van der Waals surface area contributed by atoms with Gasteiger partial charge in [-0.2, -0.15) is 0 Å². The predicted octanol–water partition coefficient (Wildman–Crippen LogP) is 4.78. The maximum absolute atomic E-state index is 12.8. The molecule has 2 unspecified atom stereocenters. The molecule has 34 heavy (non-hydrogen) atoms.